The first-order valence-corrected chi connectivity index (χ1v) is 29.5. The Labute approximate surface area is 435 Å². The van der Waals surface area contributed by atoms with E-state index < -0.39 is 35.5 Å². The van der Waals surface area contributed by atoms with Gasteiger partial charge in [0.05, 0.1) is 6.61 Å². The third-order valence-corrected chi connectivity index (χ3v) is 14.7. The van der Waals surface area contributed by atoms with E-state index in [1.165, 1.54) is 0 Å². The molecule has 0 aromatic heterocycles. The lowest BCUT2D eigenvalue weighted by Gasteiger charge is -2.37. The minimum Gasteiger partial charge on any atom is -0.481 e. The lowest BCUT2D eigenvalue weighted by molar-refractivity contribution is -0.138. The molecule has 2 atom stereocenters. The third kappa shape index (κ3) is 37.7. The minimum absolute atomic E-state index is 0.0182. The number of unbranched alkanes of at least 4 members (excludes halogenated alkanes) is 14. The molecule has 0 radical (unpaired) electrons. The first-order chi connectivity index (χ1) is 34.3. The number of hydrogen-bond acceptors (Lipinski definition) is 11. The van der Waals surface area contributed by atoms with Gasteiger partial charge in [-0.3, -0.25) is 14.5 Å². The van der Waals surface area contributed by atoms with E-state index in [-0.39, 0.29) is 32.7 Å². The number of aliphatic hydroxyl groups excluding tert-OH is 1. The van der Waals surface area contributed by atoms with Crippen LogP contribution in [-0.2, 0) is 28.5 Å². The van der Waals surface area contributed by atoms with E-state index in [2.05, 4.69) is 51.3 Å². The molecular formula is C58H112N2O11. The van der Waals surface area contributed by atoms with Crippen molar-refractivity contribution in [2.24, 2.45) is 11.8 Å². The average molecular weight is 1010 g/mol. The lowest BCUT2D eigenvalue weighted by Crippen LogP contribution is -2.41. The highest BCUT2D eigenvalue weighted by atomic mass is 16.7. The van der Waals surface area contributed by atoms with E-state index in [1.54, 1.807) is 0 Å². The molecule has 0 aliphatic rings. The highest BCUT2D eigenvalue weighted by Crippen LogP contribution is 2.39. The highest BCUT2D eigenvalue weighted by molar-refractivity contribution is 5.67. The number of nitrogens with zero attached hydrogens (tertiary/aromatic N) is 2. The number of rotatable bonds is 52. The van der Waals surface area contributed by atoms with Crippen molar-refractivity contribution in [1.82, 2.24) is 9.80 Å². The molecule has 3 N–H and O–H groups in total. The summed E-state index contributed by atoms with van der Waals surface area (Å²) < 4.78 is 24.7. The second-order valence-corrected chi connectivity index (χ2v) is 21.0. The van der Waals surface area contributed by atoms with Crippen LogP contribution >= 0.6 is 0 Å². The Morgan fingerprint density at radius 1 is 0.423 bits per heavy atom. The summed E-state index contributed by atoms with van der Waals surface area (Å²) >= 11 is 0. The predicted octanol–water partition coefficient (Wildman–Crippen LogP) is 15.2. The number of aliphatic carboxylic acids is 2. The van der Waals surface area contributed by atoms with Crippen LogP contribution in [0.1, 0.15) is 267 Å². The summed E-state index contributed by atoms with van der Waals surface area (Å²) in [4.78, 5) is 55.5. The summed E-state index contributed by atoms with van der Waals surface area (Å²) in [5.74, 6) is -0.967. The maximum atomic E-state index is 13.9. The number of aliphatic hydroxyl groups is 1. The Bertz CT molecular complexity index is 1180. The van der Waals surface area contributed by atoms with Crippen LogP contribution in [0, 0.1) is 11.8 Å². The molecule has 0 fully saturated rings. The summed E-state index contributed by atoms with van der Waals surface area (Å²) in [5.41, 5.74) is -1.62. The number of carbonyl (C=O) groups is 4. The van der Waals surface area contributed by atoms with E-state index in [0.29, 0.717) is 95.9 Å². The van der Waals surface area contributed by atoms with Gasteiger partial charge in [0.2, 0.25) is 0 Å². The summed E-state index contributed by atoms with van der Waals surface area (Å²) in [6.07, 6.45) is 29.2. The Hall–Kier alpha value is -2.64. The van der Waals surface area contributed by atoms with Crippen molar-refractivity contribution in [3.63, 3.8) is 0 Å². The van der Waals surface area contributed by atoms with Gasteiger partial charge in [-0.25, -0.2) is 9.59 Å². The smallest absolute Gasteiger partial charge is 0.481 e. The van der Waals surface area contributed by atoms with Gasteiger partial charge in [0.15, 0.2) is 0 Å². The molecule has 0 aromatic carbocycles. The van der Waals surface area contributed by atoms with Crippen LogP contribution in [0.2, 0.25) is 0 Å². The minimum atomic E-state index is -0.852. The molecule has 13 heteroatoms. The van der Waals surface area contributed by atoms with Crippen molar-refractivity contribution in [2.75, 3.05) is 59.1 Å². The number of ether oxygens (including phenoxy) is 4. The molecule has 0 aliphatic heterocycles. The fourth-order valence-electron chi connectivity index (χ4n) is 10.4. The molecule has 2 unspecified atom stereocenters. The Kier molecular flexibility index (Phi) is 44.2. The van der Waals surface area contributed by atoms with E-state index >= 15 is 0 Å². The second-order valence-electron chi connectivity index (χ2n) is 21.0. The molecule has 71 heavy (non-hydrogen) atoms. The first kappa shape index (κ1) is 68.4. The molecule has 0 saturated carbocycles. The van der Waals surface area contributed by atoms with Crippen molar-refractivity contribution in [2.45, 2.75) is 278 Å². The van der Waals surface area contributed by atoms with E-state index in [0.717, 1.165) is 161 Å². The number of hydrogen-bond donors (Lipinski definition) is 3. The van der Waals surface area contributed by atoms with Crippen molar-refractivity contribution >= 4 is 24.2 Å². The number of carbonyl (C=O) groups excluding carboxylic acids is 2. The average Bonchev–Trinajstić information content (AvgIpc) is 3.32. The largest absolute Gasteiger partial charge is 0.508 e. The molecule has 0 bridgehead atoms. The van der Waals surface area contributed by atoms with Crippen LogP contribution in [-0.4, -0.2) is 120 Å². The number of likely N-dealkylation sites (N-methyl/N-ethyl adjacent to an activating group) is 1. The number of carboxylic acid groups (broad SMARTS) is 2. The van der Waals surface area contributed by atoms with Gasteiger partial charge < -0.3 is 39.2 Å². The Balaban J connectivity index is 6.46. The molecular weight excluding hydrogens is 901 g/mol. The van der Waals surface area contributed by atoms with E-state index in [1.807, 2.05) is 6.92 Å². The van der Waals surface area contributed by atoms with Gasteiger partial charge in [-0.15, -0.1) is 0 Å². The SMILES string of the molecule is CCCCCCC(CCCC(=O)O)(CC(CCCCC)CCCCC)OC(=O)OCCN(CCOC(=O)OC(CCCCCC)(CCCC(=O)O)CC(CCCCC)CCCCC)CCN(CC)CCO. The van der Waals surface area contributed by atoms with Crippen molar-refractivity contribution < 1.29 is 53.4 Å². The Morgan fingerprint density at radius 3 is 1.08 bits per heavy atom. The van der Waals surface area contributed by atoms with Gasteiger partial charge in [-0.2, -0.15) is 0 Å². The van der Waals surface area contributed by atoms with Crippen molar-refractivity contribution in [3.8, 4) is 0 Å². The summed E-state index contributed by atoms with van der Waals surface area (Å²) in [6, 6.07) is 0. The lowest BCUT2D eigenvalue weighted by atomic mass is 9.78. The maximum absolute atomic E-state index is 13.9. The molecule has 0 aromatic rings. The van der Waals surface area contributed by atoms with Crippen LogP contribution in [0.15, 0.2) is 0 Å². The standard InChI is InChI=1S/C58H112N2O11/c1-8-15-21-27-37-57(39-29-35-53(62)63,49-51(31-23-17-10-3)32-24-18-11-4)70-55(66)68-47-44-60(42-41-59(14-7)43-46-61)45-48-69-56(67)71-58(38-28-22-16-9-2,40-30-36-54(64)65)50-52(33-25-19-12-5)34-26-20-13-6/h51-52,61H,8-50H2,1-7H3,(H,62,63)(H,64,65). The van der Waals surface area contributed by atoms with E-state index in [9.17, 15) is 34.5 Å². The molecule has 0 amide bonds. The molecule has 0 saturated heterocycles. The van der Waals surface area contributed by atoms with Gasteiger partial charge in [0, 0.05) is 45.6 Å². The van der Waals surface area contributed by atoms with Crippen LogP contribution in [0.4, 0.5) is 9.59 Å². The molecule has 0 heterocycles. The fraction of sp³-hybridized carbons (Fsp3) is 0.931. The maximum Gasteiger partial charge on any atom is 0.508 e. The van der Waals surface area contributed by atoms with Crippen LogP contribution in [0.3, 0.4) is 0 Å². The first-order valence-electron chi connectivity index (χ1n) is 29.5. The zero-order valence-corrected chi connectivity index (χ0v) is 47.1. The van der Waals surface area contributed by atoms with Crippen molar-refractivity contribution in [3.05, 3.63) is 0 Å². The summed E-state index contributed by atoms with van der Waals surface area (Å²) in [6.45, 7) is 18.6. The molecule has 0 aliphatic carbocycles. The molecule has 13 nitrogen and oxygen atoms in total. The van der Waals surface area contributed by atoms with Gasteiger partial charge in [0.1, 0.15) is 24.4 Å². The van der Waals surface area contributed by atoms with Gasteiger partial charge >= 0.3 is 24.2 Å². The van der Waals surface area contributed by atoms with Gasteiger partial charge in [-0.05, 0) is 82.6 Å². The van der Waals surface area contributed by atoms with Crippen LogP contribution in [0.25, 0.3) is 0 Å². The monoisotopic (exact) mass is 1010 g/mol. The zero-order valence-electron chi connectivity index (χ0n) is 47.1. The van der Waals surface area contributed by atoms with Crippen LogP contribution < -0.4 is 0 Å². The summed E-state index contributed by atoms with van der Waals surface area (Å²) in [7, 11) is 0. The Morgan fingerprint density at radius 2 is 0.761 bits per heavy atom. The zero-order chi connectivity index (χ0) is 52.9. The third-order valence-electron chi connectivity index (χ3n) is 14.7. The normalized spacial score (nSPS) is 13.5. The topological polar surface area (TPSA) is 172 Å². The quantitative estimate of drug-likeness (QED) is 0.0389. The summed E-state index contributed by atoms with van der Waals surface area (Å²) in [5, 5.41) is 29.0. The predicted molar refractivity (Wildman–Crippen MR) is 289 cm³/mol. The van der Waals surface area contributed by atoms with Crippen molar-refractivity contribution in [1.29, 1.82) is 0 Å². The van der Waals surface area contributed by atoms with E-state index in [4.69, 9.17) is 18.9 Å². The molecule has 420 valence electrons. The van der Waals surface area contributed by atoms with Gasteiger partial charge in [0.25, 0.3) is 0 Å². The second kappa shape index (κ2) is 45.9. The highest BCUT2D eigenvalue weighted by Gasteiger charge is 2.38. The van der Waals surface area contributed by atoms with Gasteiger partial charge in [-0.1, -0.05) is 190 Å². The molecule has 0 rings (SSSR count). The van der Waals surface area contributed by atoms with Crippen LogP contribution in [0.5, 0.6) is 0 Å². The molecule has 0 spiro atoms. The number of carboxylic acids is 2. The fourth-order valence-corrected chi connectivity index (χ4v) is 10.4.